The number of aromatic nitrogens is 5. The molecule has 3 heterocycles. The van der Waals surface area contributed by atoms with Crippen LogP contribution in [0.2, 0.25) is 0 Å². The lowest BCUT2D eigenvalue weighted by molar-refractivity contribution is 0.0796. The van der Waals surface area contributed by atoms with Crippen molar-refractivity contribution in [3.8, 4) is 23.1 Å². The molecule has 3 rings (SSSR count). The number of urea groups is 1. The summed E-state index contributed by atoms with van der Waals surface area (Å²) >= 11 is 0. The number of hydrogen-bond donors (Lipinski definition) is 1. The fourth-order valence-electron chi connectivity index (χ4n) is 2.73. The lowest BCUT2D eigenvalue weighted by atomic mass is 10.2. The van der Waals surface area contributed by atoms with Crippen LogP contribution in [0.25, 0.3) is 17.2 Å². The molecule has 0 radical (unpaired) electrons. The van der Waals surface area contributed by atoms with Gasteiger partial charge >= 0.3 is 6.03 Å². The summed E-state index contributed by atoms with van der Waals surface area (Å²) in [4.78, 5) is 32.0. The van der Waals surface area contributed by atoms with Gasteiger partial charge in [0.15, 0.2) is 11.5 Å². The lowest BCUT2D eigenvalue weighted by Crippen LogP contribution is -2.33. The van der Waals surface area contributed by atoms with E-state index in [2.05, 4.69) is 25.6 Å². The van der Waals surface area contributed by atoms with E-state index in [4.69, 9.17) is 4.74 Å². The monoisotopic (exact) mass is 438 g/mol. The molecule has 3 aromatic rings. The highest BCUT2D eigenvalue weighted by molar-refractivity contribution is 5.93. The second kappa shape index (κ2) is 9.86. The van der Waals surface area contributed by atoms with Gasteiger partial charge in [-0.15, -0.1) is 10.2 Å². The van der Waals surface area contributed by atoms with Crippen LogP contribution in [0.3, 0.4) is 0 Å². The second-order valence-corrected chi connectivity index (χ2v) is 7.18. The molecular weight excluding hydrogens is 412 g/mol. The van der Waals surface area contributed by atoms with Gasteiger partial charge in [-0.3, -0.25) is 9.78 Å². The van der Waals surface area contributed by atoms with Crippen molar-refractivity contribution in [1.29, 1.82) is 0 Å². The highest BCUT2D eigenvalue weighted by Crippen LogP contribution is 2.23. The van der Waals surface area contributed by atoms with Gasteiger partial charge in [-0.05, 0) is 30.7 Å². The summed E-state index contributed by atoms with van der Waals surface area (Å²) in [5, 5.41) is 15.4. The minimum atomic E-state index is -0.211. The average molecular weight is 438 g/mol. The third-order valence-corrected chi connectivity index (χ3v) is 4.74. The first-order chi connectivity index (χ1) is 15.3. The molecule has 0 bridgehead atoms. The average Bonchev–Trinajstić information content (AvgIpc) is 3.27. The van der Waals surface area contributed by atoms with E-state index in [1.165, 1.54) is 16.7 Å². The van der Waals surface area contributed by atoms with Crippen molar-refractivity contribution in [3.63, 3.8) is 0 Å². The number of amides is 3. The number of rotatable bonds is 7. The molecule has 0 aliphatic heterocycles. The van der Waals surface area contributed by atoms with Crippen LogP contribution in [0, 0.1) is 0 Å². The summed E-state index contributed by atoms with van der Waals surface area (Å²) in [5.41, 5.74) is 2.28. The Morgan fingerprint density at radius 1 is 1.12 bits per heavy atom. The number of nitrogens with one attached hydrogen (secondary N) is 1. The first kappa shape index (κ1) is 22.7. The van der Waals surface area contributed by atoms with Crippen LogP contribution in [0.15, 0.2) is 36.5 Å². The Morgan fingerprint density at radius 3 is 2.47 bits per heavy atom. The summed E-state index contributed by atoms with van der Waals surface area (Å²) in [6.07, 6.45) is 1.67. The number of carbonyl (C=O) groups is 2. The van der Waals surface area contributed by atoms with Crippen molar-refractivity contribution >= 4 is 11.9 Å². The molecule has 11 nitrogen and oxygen atoms in total. The van der Waals surface area contributed by atoms with Crippen LogP contribution in [-0.2, 0) is 6.54 Å². The van der Waals surface area contributed by atoms with Gasteiger partial charge in [-0.1, -0.05) is 6.07 Å². The highest BCUT2D eigenvalue weighted by atomic mass is 16.5. The van der Waals surface area contributed by atoms with Crippen molar-refractivity contribution in [2.45, 2.75) is 13.5 Å². The second-order valence-electron chi connectivity index (χ2n) is 7.18. The number of carbonyl (C=O) groups excluding carboxylic acids is 2. The summed E-state index contributed by atoms with van der Waals surface area (Å²) in [7, 11) is 6.57. The van der Waals surface area contributed by atoms with Gasteiger partial charge in [0.1, 0.15) is 0 Å². The SMILES string of the molecule is CCN(C)C(=O)c1cc(-c2ccc(CNC(=O)N(C)C)cn2)n(-c2ccc(OC)nn2)n1. The molecule has 0 spiro atoms. The van der Waals surface area contributed by atoms with Gasteiger partial charge in [0.25, 0.3) is 5.91 Å². The molecular formula is C21H26N8O3. The van der Waals surface area contributed by atoms with Crippen molar-refractivity contribution < 1.29 is 14.3 Å². The summed E-state index contributed by atoms with van der Waals surface area (Å²) in [6.45, 7) is 2.79. The van der Waals surface area contributed by atoms with Gasteiger partial charge in [-0.25, -0.2) is 9.48 Å². The third-order valence-electron chi connectivity index (χ3n) is 4.74. The number of nitrogens with zero attached hydrogens (tertiary/aromatic N) is 7. The molecule has 0 saturated carbocycles. The van der Waals surface area contributed by atoms with Gasteiger partial charge in [0, 0.05) is 46.5 Å². The molecule has 11 heteroatoms. The van der Waals surface area contributed by atoms with E-state index in [0.717, 1.165) is 5.56 Å². The minimum Gasteiger partial charge on any atom is -0.480 e. The Bertz CT molecular complexity index is 1080. The molecule has 0 unspecified atom stereocenters. The summed E-state index contributed by atoms with van der Waals surface area (Å²) in [5.74, 6) is 0.576. The van der Waals surface area contributed by atoms with Crippen LogP contribution >= 0.6 is 0 Å². The van der Waals surface area contributed by atoms with Gasteiger partial charge in [0.05, 0.1) is 18.5 Å². The topological polar surface area (TPSA) is 118 Å². The standard InChI is InChI=1S/C21H26N8O3/c1-6-28(4)20(30)16-11-17(29(26-16)18-9-10-19(32-5)25-24-18)15-8-7-14(12-22-15)13-23-21(31)27(2)3/h7-12H,6,13H2,1-5H3,(H,23,31). The highest BCUT2D eigenvalue weighted by Gasteiger charge is 2.20. The molecule has 0 atom stereocenters. The molecule has 32 heavy (non-hydrogen) atoms. The molecule has 0 saturated heterocycles. The van der Waals surface area contributed by atoms with E-state index in [0.29, 0.717) is 36.2 Å². The van der Waals surface area contributed by atoms with Crippen LogP contribution in [0.1, 0.15) is 23.0 Å². The van der Waals surface area contributed by atoms with E-state index < -0.39 is 0 Å². The van der Waals surface area contributed by atoms with Crippen LogP contribution in [0.5, 0.6) is 5.88 Å². The van der Waals surface area contributed by atoms with Crippen molar-refractivity contribution in [2.24, 2.45) is 0 Å². The Labute approximate surface area is 186 Å². The quantitative estimate of drug-likeness (QED) is 0.595. The first-order valence-electron chi connectivity index (χ1n) is 9.98. The maximum absolute atomic E-state index is 12.7. The minimum absolute atomic E-state index is 0.187. The van der Waals surface area contributed by atoms with E-state index in [1.807, 2.05) is 13.0 Å². The number of hydrogen-bond acceptors (Lipinski definition) is 7. The van der Waals surface area contributed by atoms with E-state index >= 15 is 0 Å². The molecule has 0 aliphatic rings. The molecule has 0 aliphatic carbocycles. The lowest BCUT2D eigenvalue weighted by Gasteiger charge is -2.12. The maximum atomic E-state index is 12.7. The van der Waals surface area contributed by atoms with Crippen LogP contribution in [0.4, 0.5) is 4.79 Å². The third kappa shape index (κ3) is 4.99. The molecule has 1 N–H and O–H groups in total. The number of methoxy groups -OCH3 is 1. The summed E-state index contributed by atoms with van der Waals surface area (Å²) in [6, 6.07) is 8.52. The van der Waals surface area contributed by atoms with Crippen molar-refractivity contribution in [1.82, 2.24) is 40.1 Å². The Balaban J connectivity index is 1.95. The predicted molar refractivity (Wildman–Crippen MR) is 117 cm³/mol. The van der Waals surface area contributed by atoms with E-state index in [1.54, 1.807) is 56.5 Å². The first-order valence-corrected chi connectivity index (χ1v) is 9.98. The molecule has 168 valence electrons. The Hall–Kier alpha value is -4.02. The largest absolute Gasteiger partial charge is 0.480 e. The van der Waals surface area contributed by atoms with E-state index in [9.17, 15) is 9.59 Å². The molecule has 3 aromatic heterocycles. The van der Waals surface area contributed by atoms with Crippen LogP contribution < -0.4 is 10.1 Å². The van der Waals surface area contributed by atoms with Gasteiger partial charge < -0.3 is 19.9 Å². The fourth-order valence-corrected chi connectivity index (χ4v) is 2.73. The fraction of sp³-hybridized carbons (Fsp3) is 0.333. The zero-order chi connectivity index (χ0) is 23.3. The normalized spacial score (nSPS) is 10.5. The zero-order valence-corrected chi connectivity index (χ0v) is 18.7. The zero-order valence-electron chi connectivity index (χ0n) is 18.7. The molecule has 3 amide bonds. The van der Waals surface area contributed by atoms with Gasteiger partial charge in [-0.2, -0.15) is 5.10 Å². The smallest absolute Gasteiger partial charge is 0.317 e. The number of pyridine rings is 1. The maximum Gasteiger partial charge on any atom is 0.317 e. The van der Waals surface area contributed by atoms with E-state index in [-0.39, 0.29) is 17.6 Å². The van der Waals surface area contributed by atoms with Crippen molar-refractivity contribution in [2.75, 3.05) is 34.8 Å². The predicted octanol–water partition coefficient (Wildman–Crippen LogP) is 1.60. The van der Waals surface area contributed by atoms with Crippen molar-refractivity contribution in [3.05, 3.63) is 47.8 Å². The Morgan fingerprint density at radius 2 is 1.91 bits per heavy atom. The van der Waals surface area contributed by atoms with Gasteiger partial charge in [0.2, 0.25) is 5.88 Å². The van der Waals surface area contributed by atoms with Crippen LogP contribution in [-0.4, -0.2) is 81.5 Å². The molecule has 0 fully saturated rings. The number of ether oxygens (including phenoxy) is 1. The Kier molecular flexibility index (Phi) is 6.98. The molecule has 0 aromatic carbocycles. The summed E-state index contributed by atoms with van der Waals surface area (Å²) < 4.78 is 6.59.